The summed E-state index contributed by atoms with van der Waals surface area (Å²) in [6.07, 6.45) is 1.13. The lowest BCUT2D eigenvalue weighted by Gasteiger charge is -2.25. The van der Waals surface area contributed by atoms with E-state index in [-0.39, 0.29) is 11.9 Å². The number of benzene rings is 2. The molecule has 0 spiro atoms. The van der Waals surface area contributed by atoms with Crippen LogP contribution >= 0.6 is 0 Å². The Morgan fingerprint density at radius 2 is 1.80 bits per heavy atom. The van der Waals surface area contributed by atoms with Crippen molar-refractivity contribution in [1.82, 2.24) is 4.90 Å². The standard InChI is InChI=1S/C21H27NO3/c1-5-25-20-9-7-6-8-18(20)12-15-21(23)22(3)16(2)17-10-13-19(24-4)14-11-17/h6-11,13-14,16H,5,12,15H2,1-4H3. The van der Waals surface area contributed by atoms with Crippen LogP contribution in [0.25, 0.3) is 0 Å². The average molecular weight is 341 g/mol. The van der Waals surface area contributed by atoms with E-state index in [2.05, 4.69) is 0 Å². The van der Waals surface area contributed by atoms with Crippen molar-refractivity contribution < 1.29 is 14.3 Å². The number of nitrogens with zero attached hydrogens (tertiary/aromatic N) is 1. The quantitative estimate of drug-likeness (QED) is 0.721. The lowest BCUT2D eigenvalue weighted by Crippen LogP contribution is -2.29. The van der Waals surface area contributed by atoms with Crippen LogP contribution in [0.1, 0.15) is 37.4 Å². The molecule has 2 aromatic carbocycles. The van der Waals surface area contributed by atoms with Crippen molar-refractivity contribution in [1.29, 1.82) is 0 Å². The third kappa shape index (κ3) is 4.99. The molecule has 25 heavy (non-hydrogen) atoms. The maximum absolute atomic E-state index is 12.6. The predicted molar refractivity (Wildman–Crippen MR) is 100 cm³/mol. The Kier molecular flexibility index (Phi) is 6.87. The molecule has 2 rings (SSSR count). The van der Waals surface area contributed by atoms with Gasteiger partial charge in [0, 0.05) is 13.5 Å². The van der Waals surface area contributed by atoms with E-state index >= 15 is 0 Å². The molecule has 4 nitrogen and oxygen atoms in total. The molecule has 1 unspecified atom stereocenters. The topological polar surface area (TPSA) is 38.8 Å². The van der Waals surface area contributed by atoms with Gasteiger partial charge in [-0.25, -0.2) is 0 Å². The Balaban J connectivity index is 1.97. The fraction of sp³-hybridized carbons (Fsp3) is 0.381. The first kappa shape index (κ1) is 18.8. The van der Waals surface area contributed by atoms with Crippen LogP contribution < -0.4 is 9.47 Å². The first-order chi connectivity index (χ1) is 12.1. The molecule has 0 radical (unpaired) electrons. The molecule has 0 heterocycles. The second kappa shape index (κ2) is 9.11. The minimum Gasteiger partial charge on any atom is -0.497 e. The third-order valence-corrected chi connectivity index (χ3v) is 4.45. The Hall–Kier alpha value is -2.49. The van der Waals surface area contributed by atoms with E-state index in [1.807, 2.05) is 69.4 Å². The van der Waals surface area contributed by atoms with Crippen molar-refractivity contribution in [2.75, 3.05) is 20.8 Å². The zero-order valence-corrected chi connectivity index (χ0v) is 15.5. The largest absolute Gasteiger partial charge is 0.497 e. The molecule has 2 aromatic rings. The highest BCUT2D eigenvalue weighted by molar-refractivity contribution is 5.76. The lowest BCUT2D eigenvalue weighted by atomic mass is 10.0. The number of hydrogen-bond acceptors (Lipinski definition) is 3. The number of rotatable bonds is 8. The van der Waals surface area contributed by atoms with Crippen molar-refractivity contribution in [2.45, 2.75) is 32.7 Å². The highest BCUT2D eigenvalue weighted by Crippen LogP contribution is 2.24. The zero-order valence-electron chi connectivity index (χ0n) is 15.5. The molecule has 134 valence electrons. The van der Waals surface area contributed by atoms with Crippen molar-refractivity contribution in [2.24, 2.45) is 0 Å². The summed E-state index contributed by atoms with van der Waals surface area (Å²) in [5.41, 5.74) is 2.16. The van der Waals surface area contributed by atoms with E-state index in [0.29, 0.717) is 19.4 Å². The smallest absolute Gasteiger partial charge is 0.223 e. The number of aryl methyl sites for hydroxylation is 1. The van der Waals surface area contributed by atoms with Gasteiger partial charge in [0.1, 0.15) is 11.5 Å². The number of hydrogen-bond donors (Lipinski definition) is 0. The molecule has 0 aliphatic carbocycles. The normalized spacial score (nSPS) is 11.7. The Morgan fingerprint density at radius 3 is 2.44 bits per heavy atom. The van der Waals surface area contributed by atoms with Crippen molar-refractivity contribution in [3.05, 3.63) is 59.7 Å². The molecule has 1 amide bonds. The highest BCUT2D eigenvalue weighted by atomic mass is 16.5. The lowest BCUT2D eigenvalue weighted by molar-refractivity contribution is -0.131. The zero-order chi connectivity index (χ0) is 18.2. The molecule has 0 N–H and O–H groups in total. The van der Waals surface area contributed by atoms with Crippen LogP contribution in [0.4, 0.5) is 0 Å². The van der Waals surface area contributed by atoms with Gasteiger partial charge in [-0.3, -0.25) is 4.79 Å². The van der Waals surface area contributed by atoms with E-state index in [1.165, 1.54) is 0 Å². The van der Waals surface area contributed by atoms with Gasteiger partial charge in [-0.2, -0.15) is 0 Å². The Bertz CT molecular complexity index is 682. The molecular formula is C21H27NO3. The first-order valence-electron chi connectivity index (χ1n) is 8.67. The van der Waals surface area contributed by atoms with E-state index in [9.17, 15) is 4.79 Å². The van der Waals surface area contributed by atoms with Crippen molar-refractivity contribution >= 4 is 5.91 Å². The third-order valence-electron chi connectivity index (χ3n) is 4.45. The SMILES string of the molecule is CCOc1ccccc1CCC(=O)N(C)C(C)c1ccc(OC)cc1. The van der Waals surface area contributed by atoms with Gasteiger partial charge in [0.15, 0.2) is 0 Å². The maximum atomic E-state index is 12.6. The van der Waals surface area contributed by atoms with Crippen LogP contribution in [0.3, 0.4) is 0 Å². The maximum Gasteiger partial charge on any atom is 0.223 e. The van der Waals surface area contributed by atoms with Crippen LogP contribution in [0.5, 0.6) is 11.5 Å². The summed E-state index contributed by atoms with van der Waals surface area (Å²) in [6.45, 7) is 4.62. The summed E-state index contributed by atoms with van der Waals surface area (Å²) in [5, 5.41) is 0. The van der Waals surface area contributed by atoms with E-state index < -0.39 is 0 Å². The summed E-state index contributed by atoms with van der Waals surface area (Å²) in [6, 6.07) is 15.7. The van der Waals surface area contributed by atoms with E-state index in [1.54, 1.807) is 12.0 Å². The van der Waals surface area contributed by atoms with Crippen LogP contribution in [-0.4, -0.2) is 31.6 Å². The molecular weight excluding hydrogens is 314 g/mol. The second-order valence-electron chi connectivity index (χ2n) is 5.99. The Morgan fingerprint density at radius 1 is 1.12 bits per heavy atom. The first-order valence-corrected chi connectivity index (χ1v) is 8.67. The van der Waals surface area contributed by atoms with Gasteiger partial charge < -0.3 is 14.4 Å². The molecule has 0 aliphatic heterocycles. The molecule has 4 heteroatoms. The van der Waals surface area contributed by atoms with Crippen LogP contribution in [-0.2, 0) is 11.2 Å². The minimum atomic E-state index is 0.0144. The van der Waals surface area contributed by atoms with Crippen molar-refractivity contribution in [3.8, 4) is 11.5 Å². The van der Waals surface area contributed by atoms with Gasteiger partial charge in [-0.05, 0) is 49.6 Å². The highest BCUT2D eigenvalue weighted by Gasteiger charge is 2.18. The summed E-state index contributed by atoms with van der Waals surface area (Å²) < 4.78 is 10.8. The number of ether oxygens (including phenoxy) is 2. The molecule has 0 aromatic heterocycles. The number of carbonyl (C=O) groups is 1. The molecule has 0 saturated carbocycles. The Labute approximate surface area is 150 Å². The fourth-order valence-corrected chi connectivity index (χ4v) is 2.75. The van der Waals surface area contributed by atoms with Gasteiger partial charge in [0.05, 0.1) is 19.8 Å². The monoisotopic (exact) mass is 341 g/mol. The molecule has 0 aliphatic rings. The van der Waals surface area contributed by atoms with Gasteiger partial charge in [0.25, 0.3) is 0 Å². The van der Waals surface area contributed by atoms with Gasteiger partial charge >= 0.3 is 0 Å². The summed E-state index contributed by atoms with van der Waals surface area (Å²) in [4.78, 5) is 14.4. The summed E-state index contributed by atoms with van der Waals surface area (Å²) in [7, 11) is 3.50. The van der Waals surface area contributed by atoms with Gasteiger partial charge in [0.2, 0.25) is 5.91 Å². The minimum absolute atomic E-state index is 0.0144. The van der Waals surface area contributed by atoms with Gasteiger partial charge in [-0.1, -0.05) is 30.3 Å². The number of carbonyl (C=O) groups excluding carboxylic acids is 1. The van der Waals surface area contributed by atoms with Gasteiger partial charge in [-0.15, -0.1) is 0 Å². The fourth-order valence-electron chi connectivity index (χ4n) is 2.75. The number of para-hydroxylation sites is 1. The number of methoxy groups -OCH3 is 1. The van der Waals surface area contributed by atoms with Crippen LogP contribution in [0.15, 0.2) is 48.5 Å². The number of amides is 1. The van der Waals surface area contributed by atoms with E-state index in [4.69, 9.17) is 9.47 Å². The van der Waals surface area contributed by atoms with Crippen LogP contribution in [0, 0.1) is 0 Å². The summed E-state index contributed by atoms with van der Waals surface area (Å²) in [5.74, 6) is 1.80. The predicted octanol–water partition coefficient (Wildman–Crippen LogP) is 4.25. The molecule has 0 fully saturated rings. The van der Waals surface area contributed by atoms with Crippen molar-refractivity contribution in [3.63, 3.8) is 0 Å². The second-order valence-corrected chi connectivity index (χ2v) is 5.99. The van der Waals surface area contributed by atoms with Crippen LogP contribution in [0.2, 0.25) is 0 Å². The van der Waals surface area contributed by atoms with E-state index in [0.717, 1.165) is 22.6 Å². The average Bonchev–Trinajstić information content (AvgIpc) is 2.66. The molecule has 1 atom stereocenters. The molecule has 0 saturated heterocycles. The summed E-state index contributed by atoms with van der Waals surface area (Å²) >= 11 is 0. The molecule has 0 bridgehead atoms.